The van der Waals surface area contributed by atoms with Crippen molar-refractivity contribution in [2.45, 2.75) is 19.5 Å². The van der Waals surface area contributed by atoms with Crippen molar-refractivity contribution in [2.24, 2.45) is 4.99 Å². The van der Waals surface area contributed by atoms with Crippen molar-refractivity contribution >= 4 is 6.20 Å². The molecule has 0 saturated heterocycles. The normalized spacial score (nSPS) is 21.3. The van der Waals surface area contributed by atoms with Crippen molar-refractivity contribution in [3.05, 3.63) is 70.2 Å². The maximum absolute atomic E-state index is 4.98. The van der Waals surface area contributed by atoms with Crippen molar-refractivity contribution in [1.29, 1.82) is 0 Å². The van der Waals surface area contributed by atoms with Crippen LogP contribution in [0.3, 0.4) is 0 Å². The van der Waals surface area contributed by atoms with E-state index in [0.717, 1.165) is 5.36 Å². The van der Waals surface area contributed by atoms with Crippen molar-refractivity contribution in [3.8, 4) is 0 Å². The maximum Gasteiger partial charge on any atom is 0.155 e. The van der Waals surface area contributed by atoms with Crippen LogP contribution in [0.1, 0.15) is 18.1 Å². The van der Waals surface area contributed by atoms with Crippen LogP contribution in [0, 0.1) is 6.92 Å². The first kappa shape index (κ1) is 12.0. The number of aryl methyl sites for hydroxylation is 1. The number of hydrogen-bond donors (Lipinski definition) is 0. The van der Waals surface area contributed by atoms with Gasteiger partial charge in [-0.3, -0.25) is 4.99 Å². The largest absolute Gasteiger partial charge is 0.352 e. The van der Waals surface area contributed by atoms with Crippen LogP contribution >= 0.6 is 0 Å². The van der Waals surface area contributed by atoms with E-state index in [9.17, 15) is 0 Å². The van der Waals surface area contributed by atoms with Crippen LogP contribution in [-0.2, 0) is 5.66 Å². The lowest BCUT2D eigenvalue weighted by atomic mass is 9.95. The fraction of sp³-hybridized carbons (Fsp3) is 0.235. The Balaban J connectivity index is 2.27. The smallest absolute Gasteiger partial charge is 0.155 e. The second kappa shape index (κ2) is 4.23. The average molecular weight is 250 g/mol. The van der Waals surface area contributed by atoms with Gasteiger partial charge in [-0.15, -0.1) is 0 Å². The minimum Gasteiger partial charge on any atom is -0.352 e. The molecule has 2 aromatic rings. The van der Waals surface area contributed by atoms with Gasteiger partial charge in [-0.25, -0.2) is 0 Å². The van der Waals surface area contributed by atoms with E-state index in [1.54, 1.807) is 0 Å². The van der Waals surface area contributed by atoms with Crippen LogP contribution < -0.4 is 10.6 Å². The molecule has 1 aliphatic rings. The topological polar surface area (TPSA) is 15.6 Å². The molecule has 1 heterocycles. The highest BCUT2D eigenvalue weighted by atomic mass is 15.3. The molecule has 0 spiro atoms. The predicted octanol–water partition coefficient (Wildman–Crippen LogP) is 2.17. The Morgan fingerprint density at radius 2 is 1.68 bits per heavy atom. The standard InChI is InChI=1S/C17H18N2/c1-13-8-4-6-10-15(13)17(2)18-16-11-7-5-9-14(16)12-19(17)3/h4-12H,1-3H3. The second-order valence-corrected chi connectivity index (χ2v) is 5.25. The summed E-state index contributed by atoms with van der Waals surface area (Å²) in [6.07, 6.45) is 2.18. The van der Waals surface area contributed by atoms with E-state index in [2.05, 4.69) is 74.5 Å². The molecule has 0 aliphatic carbocycles. The zero-order valence-corrected chi connectivity index (χ0v) is 11.6. The molecule has 96 valence electrons. The second-order valence-electron chi connectivity index (χ2n) is 5.25. The molecule has 1 atom stereocenters. The SMILES string of the molecule is Cc1ccccc1C1(C)N=c2ccccc2=CN1C. The number of hydrogen-bond acceptors (Lipinski definition) is 2. The highest BCUT2D eigenvalue weighted by Crippen LogP contribution is 2.31. The van der Waals surface area contributed by atoms with E-state index in [1.807, 2.05) is 6.07 Å². The zero-order chi connectivity index (χ0) is 13.5. The quantitative estimate of drug-likeness (QED) is 0.757. The summed E-state index contributed by atoms with van der Waals surface area (Å²) in [6, 6.07) is 16.7. The van der Waals surface area contributed by atoms with Crippen molar-refractivity contribution in [1.82, 2.24) is 4.90 Å². The van der Waals surface area contributed by atoms with Gasteiger partial charge in [0.1, 0.15) is 0 Å². The molecule has 1 unspecified atom stereocenters. The first-order valence-electron chi connectivity index (χ1n) is 6.57. The summed E-state index contributed by atoms with van der Waals surface area (Å²) in [6.45, 7) is 4.31. The van der Waals surface area contributed by atoms with Gasteiger partial charge in [0.15, 0.2) is 5.66 Å². The number of nitrogens with zero attached hydrogens (tertiary/aromatic N) is 2. The Morgan fingerprint density at radius 1 is 1.00 bits per heavy atom. The van der Waals surface area contributed by atoms with Crippen LogP contribution in [0.5, 0.6) is 0 Å². The molecule has 2 aromatic carbocycles. The number of fused-ring (bicyclic) bond motifs is 1. The summed E-state index contributed by atoms with van der Waals surface area (Å²) in [7, 11) is 2.09. The van der Waals surface area contributed by atoms with Gasteiger partial charge in [-0.05, 0) is 25.5 Å². The predicted molar refractivity (Wildman–Crippen MR) is 78.0 cm³/mol. The van der Waals surface area contributed by atoms with Crippen molar-refractivity contribution in [3.63, 3.8) is 0 Å². The molecule has 0 N–H and O–H groups in total. The molecular formula is C17H18N2. The van der Waals surface area contributed by atoms with Gasteiger partial charge >= 0.3 is 0 Å². The highest BCUT2D eigenvalue weighted by molar-refractivity contribution is 5.37. The van der Waals surface area contributed by atoms with Crippen LogP contribution in [0.4, 0.5) is 0 Å². The van der Waals surface area contributed by atoms with E-state index in [0.29, 0.717) is 0 Å². The molecule has 0 bridgehead atoms. The van der Waals surface area contributed by atoms with Gasteiger partial charge in [-0.1, -0.05) is 42.5 Å². The lowest BCUT2D eigenvalue weighted by molar-refractivity contribution is 0.225. The number of para-hydroxylation sites is 1. The molecule has 2 heteroatoms. The fourth-order valence-electron chi connectivity index (χ4n) is 2.70. The van der Waals surface area contributed by atoms with Crippen LogP contribution in [0.15, 0.2) is 53.5 Å². The first-order chi connectivity index (χ1) is 9.11. The Hall–Kier alpha value is -2.09. The van der Waals surface area contributed by atoms with E-state index >= 15 is 0 Å². The van der Waals surface area contributed by atoms with Gasteiger partial charge in [-0.2, -0.15) is 0 Å². The minimum atomic E-state index is -0.334. The summed E-state index contributed by atoms with van der Waals surface area (Å²) >= 11 is 0. The van der Waals surface area contributed by atoms with Crippen LogP contribution in [0.25, 0.3) is 6.20 Å². The fourth-order valence-corrected chi connectivity index (χ4v) is 2.70. The van der Waals surface area contributed by atoms with E-state index in [-0.39, 0.29) is 5.66 Å². The van der Waals surface area contributed by atoms with Crippen LogP contribution in [-0.4, -0.2) is 11.9 Å². The summed E-state index contributed by atoms with van der Waals surface area (Å²) in [5, 5.41) is 2.24. The van der Waals surface area contributed by atoms with Gasteiger partial charge in [0.25, 0.3) is 0 Å². The van der Waals surface area contributed by atoms with Crippen molar-refractivity contribution < 1.29 is 0 Å². The first-order valence-corrected chi connectivity index (χ1v) is 6.57. The molecule has 0 amide bonds. The number of benzene rings is 2. The Bertz CT molecular complexity index is 733. The molecule has 3 rings (SSSR count). The van der Waals surface area contributed by atoms with Gasteiger partial charge < -0.3 is 4.90 Å². The summed E-state index contributed by atoms with van der Waals surface area (Å²) in [5.41, 5.74) is 2.19. The summed E-state index contributed by atoms with van der Waals surface area (Å²) in [4.78, 5) is 7.18. The molecule has 19 heavy (non-hydrogen) atoms. The highest BCUT2D eigenvalue weighted by Gasteiger charge is 2.31. The molecule has 0 fully saturated rings. The monoisotopic (exact) mass is 250 g/mol. The molecule has 0 radical (unpaired) electrons. The van der Waals surface area contributed by atoms with Gasteiger partial charge in [0, 0.05) is 24.0 Å². The maximum atomic E-state index is 4.98. The van der Waals surface area contributed by atoms with E-state index in [4.69, 9.17) is 4.99 Å². The molecule has 0 saturated carbocycles. The Labute approximate surface area is 113 Å². The third-order valence-electron chi connectivity index (χ3n) is 3.95. The van der Waals surface area contributed by atoms with Crippen LogP contribution in [0.2, 0.25) is 0 Å². The van der Waals surface area contributed by atoms with E-state index in [1.165, 1.54) is 16.3 Å². The molecule has 1 aliphatic heterocycles. The van der Waals surface area contributed by atoms with Gasteiger partial charge in [0.2, 0.25) is 0 Å². The van der Waals surface area contributed by atoms with Crippen molar-refractivity contribution in [2.75, 3.05) is 7.05 Å². The lowest BCUT2D eigenvalue weighted by Crippen LogP contribution is -2.46. The van der Waals surface area contributed by atoms with E-state index < -0.39 is 0 Å². The lowest BCUT2D eigenvalue weighted by Gasteiger charge is -2.38. The van der Waals surface area contributed by atoms with Gasteiger partial charge in [0.05, 0.1) is 5.36 Å². The average Bonchev–Trinajstić information content (AvgIpc) is 2.40. The Morgan fingerprint density at radius 3 is 2.47 bits per heavy atom. The summed E-state index contributed by atoms with van der Waals surface area (Å²) < 4.78 is 0. The zero-order valence-electron chi connectivity index (χ0n) is 11.6. The third-order valence-corrected chi connectivity index (χ3v) is 3.95. The molecule has 2 nitrogen and oxygen atoms in total. The minimum absolute atomic E-state index is 0.334. The number of rotatable bonds is 1. The third kappa shape index (κ3) is 1.84. The molecule has 0 aromatic heterocycles. The summed E-state index contributed by atoms with van der Waals surface area (Å²) in [5.74, 6) is 0. The Kier molecular flexibility index (Phi) is 2.67. The molecular weight excluding hydrogens is 232 g/mol.